The van der Waals surface area contributed by atoms with Crippen LogP contribution in [-0.4, -0.2) is 41.7 Å². The molecule has 0 aliphatic carbocycles. The molecule has 1 aromatic heterocycles. The molecule has 98 valence electrons. The van der Waals surface area contributed by atoms with E-state index in [1.807, 2.05) is 11.8 Å². The fraction of sp³-hybridized carbons (Fsp3) is 0.545. The van der Waals surface area contributed by atoms with Crippen LogP contribution in [0.15, 0.2) is 10.9 Å². The molecule has 1 aromatic rings. The molecule has 1 saturated heterocycles. The monoisotopic (exact) mass is 275 g/mol. The number of hydrogen-bond acceptors (Lipinski definition) is 6. The van der Waals surface area contributed by atoms with Crippen LogP contribution in [0.3, 0.4) is 0 Å². The molecule has 1 fully saturated rings. The van der Waals surface area contributed by atoms with Gasteiger partial charge < -0.3 is 24.5 Å². The zero-order valence-corrected chi connectivity index (χ0v) is 13.0. The number of nitrogens with zero attached hydrogens (tertiary/aromatic N) is 2. The number of morpholine rings is 1. The van der Waals surface area contributed by atoms with Crippen LogP contribution in [0.2, 0.25) is 0 Å². The van der Waals surface area contributed by atoms with Crippen LogP contribution in [0, 0.1) is 0 Å². The maximum atomic E-state index is 11.4. The van der Waals surface area contributed by atoms with Crippen LogP contribution in [0.25, 0.3) is 0 Å². The molecule has 0 bridgehead atoms. The second kappa shape index (κ2) is 7.04. The SMILES string of the molecule is CC1CN(c2cc(=O)[nH]c(CC(=O)[O-])n2)CCO1.[Na+]. The zero-order valence-electron chi connectivity index (χ0n) is 11.0. The Bertz CT molecular complexity index is 505. The van der Waals surface area contributed by atoms with Crippen molar-refractivity contribution < 1.29 is 44.2 Å². The molecule has 2 rings (SSSR count). The molecule has 19 heavy (non-hydrogen) atoms. The summed E-state index contributed by atoms with van der Waals surface area (Å²) >= 11 is 0. The second-order valence-electron chi connectivity index (χ2n) is 4.23. The van der Waals surface area contributed by atoms with Gasteiger partial charge in [0, 0.05) is 31.5 Å². The first-order valence-corrected chi connectivity index (χ1v) is 5.71. The molecule has 1 N–H and O–H groups in total. The number of aromatic amines is 1. The van der Waals surface area contributed by atoms with Crippen LogP contribution in [0.5, 0.6) is 0 Å². The van der Waals surface area contributed by atoms with Crippen LogP contribution < -0.4 is 45.1 Å². The molecular formula is C11H14N3NaO4. The molecule has 0 spiro atoms. The molecule has 8 heteroatoms. The minimum atomic E-state index is -1.27. The first-order valence-electron chi connectivity index (χ1n) is 5.71. The van der Waals surface area contributed by atoms with Crippen molar-refractivity contribution in [2.45, 2.75) is 19.4 Å². The van der Waals surface area contributed by atoms with Crippen LogP contribution >= 0.6 is 0 Å². The van der Waals surface area contributed by atoms with Crippen molar-refractivity contribution in [1.82, 2.24) is 9.97 Å². The van der Waals surface area contributed by atoms with Crippen LogP contribution in [0.4, 0.5) is 5.82 Å². The summed E-state index contributed by atoms with van der Waals surface area (Å²) in [5, 5.41) is 10.5. The van der Waals surface area contributed by atoms with Gasteiger partial charge in [-0.25, -0.2) is 4.98 Å². The van der Waals surface area contributed by atoms with E-state index in [9.17, 15) is 14.7 Å². The van der Waals surface area contributed by atoms with Gasteiger partial charge in [0.15, 0.2) is 0 Å². The number of aliphatic carboxylic acids is 1. The van der Waals surface area contributed by atoms with Gasteiger partial charge in [-0.1, -0.05) is 0 Å². The number of carbonyl (C=O) groups is 1. The summed E-state index contributed by atoms with van der Waals surface area (Å²) in [6, 6.07) is 1.36. The summed E-state index contributed by atoms with van der Waals surface area (Å²) in [5.74, 6) is -0.688. The van der Waals surface area contributed by atoms with Crippen molar-refractivity contribution in [3.05, 3.63) is 22.2 Å². The van der Waals surface area contributed by atoms with Gasteiger partial charge in [0.25, 0.3) is 5.56 Å². The molecule has 0 aromatic carbocycles. The maximum absolute atomic E-state index is 11.4. The molecule has 0 amide bonds. The Hall–Kier alpha value is -0.890. The number of ether oxygens (including phenoxy) is 1. The summed E-state index contributed by atoms with van der Waals surface area (Å²) in [6.45, 7) is 3.75. The van der Waals surface area contributed by atoms with E-state index in [-0.39, 0.29) is 47.0 Å². The summed E-state index contributed by atoms with van der Waals surface area (Å²) in [4.78, 5) is 30.4. The van der Waals surface area contributed by atoms with E-state index in [0.717, 1.165) is 0 Å². The third-order valence-corrected chi connectivity index (χ3v) is 2.65. The first-order chi connectivity index (χ1) is 8.54. The molecule has 7 nitrogen and oxygen atoms in total. The number of aromatic nitrogens is 2. The number of rotatable bonds is 3. The van der Waals surface area contributed by atoms with Crippen molar-refractivity contribution in [3.8, 4) is 0 Å². The van der Waals surface area contributed by atoms with Gasteiger partial charge >= 0.3 is 29.6 Å². The summed E-state index contributed by atoms with van der Waals surface area (Å²) in [6.07, 6.45) is -0.340. The molecular weight excluding hydrogens is 261 g/mol. The van der Waals surface area contributed by atoms with E-state index in [2.05, 4.69) is 9.97 Å². The van der Waals surface area contributed by atoms with Gasteiger partial charge in [-0.15, -0.1) is 0 Å². The van der Waals surface area contributed by atoms with Gasteiger partial charge in [0.2, 0.25) is 0 Å². The standard InChI is InChI=1S/C11H15N3O4.Na/c1-7-6-14(2-3-18-7)9-5-10(15)13-8(12-9)4-11(16)17;/h5,7H,2-4,6H2,1H3,(H,16,17)(H,12,13,15);/q;+1/p-1. The van der Waals surface area contributed by atoms with Crippen molar-refractivity contribution in [2.24, 2.45) is 0 Å². The third-order valence-electron chi connectivity index (χ3n) is 2.65. The first kappa shape index (κ1) is 16.2. The minimum absolute atomic E-state index is 0. The number of carboxylic acid groups (broad SMARTS) is 1. The number of hydrogen-bond donors (Lipinski definition) is 1. The van der Waals surface area contributed by atoms with Gasteiger partial charge in [-0.3, -0.25) is 4.79 Å². The quantitative estimate of drug-likeness (QED) is 0.557. The fourth-order valence-corrected chi connectivity index (χ4v) is 1.90. The van der Waals surface area contributed by atoms with Crippen LogP contribution in [0.1, 0.15) is 12.7 Å². The Kier molecular flexibility index (Phi) is 5.99. The molecule has 1 aliphatic heterocycles. The molecule has 0 radical (unpaired) electrons. The molecule has 2 heterocycles. The topological polar surface area (TPSA) is 98.4 Å². The predicted octanol–water partition coefficient (Wildman–Crippen LogP) is -4.71. The van der Waals surface area contributed by atoms with E-state index in [4.69, 9.17) is 4.74 Å². The Morgan fingerprint density at radius 1 is 1.68 bits per heavy atom. The molecule has 1 atom stereocenters. The number of nitrogens with one attached hydrogen (secondary N) is 1. The van der Waals surface area contributed by atoms with E-state index in [1.54, 1.807) is 0 Å². The Morgan fingerprint density at radius 3 is 3.05 bits per heavy atom. The number of carboxylic acids is 1. The van der Waals surface area contributed by atoms with E-state index in [0.29, 0.717) is 25.5 Å². The maximum Gasteiger partial charge on any atom is 1.00 e. The number of anilines is 1. The average Bonchev–Trinajstić information content (AvgIpc) is 2.27. The fourth-order valence-electron chi connectivity index (χ4n) is 1.90. The Balaban J connectivity index is 0.00000180. The second-order valence-corrected chi connectivity index (χ2v) is 4.23. The number of carbonyl (C=O) groups excluding carboxylic acids is 1. The smallest absolute Gasteiger partial charge is 0.550 e. The third kappa shape index (κ3) is 4.61. The zero-order chi connectivity index (χ0) is 13.1. The van der Waals surface area contributed by atoms with Gasteiger partial charge in [-0.2, -0.15) is 0 Å². The van der Waals surface area contributed by atoms with Crippen molar-refractivity contribution in [3.63, 3.8) is 0 Å². The van der Waals surface area contributed by atoms with Crippen molar-refractivity contribution >= 4 is 11.8 Å². The van der Waals surface area contributed by atoms with E-state index >= 15 is 0 Å². The van der Waals surface area contributed by atoms with E-state index in [1.165, 1.54) is 6.07 Å². The molecule has 1 aliphatic rings. The predicted molar refractivity (Wildman–Crippen MR) is 61.2 cm³/mol. The summed E-state index contributed by atoms with van der Waals surface area (Å²) < 4.78 is 5.40. The van der Waals surface area contributed by atoms with E-state index < -0.39 is 12.4 Å². The Morgan fingerprint density at radius 2 is 2.42 bits per heavy atom. The van der Waals surface area contributed by atoms with Gasteiger partial charge in [-0.05, 0) is 6.92 Å². The molecule has 0 saturated carbocycles. The largest absolute Gasteiger partial charge is 1.00 e. The Labute approximate surface area is 132 Å². The molecule has 1 unspecified atom stereocenters. The normalized spacial score (nSPS) is 18.8. The van der Waals surface area contributed by atoms with Crippen molar-refractivity contribution in [2.75, 3.05) is 24.6 Å². The van der Waals surface area contributed by atoms with Crippen molar-refractivity contribution in [1.29, 1.82) is 0 Å². The van der Waals surface area contributed by atoms with Crippen LogP contribution in [-0.2, 0) is 16.0 Å². The number of H-pyrrole nitrogens is 1. The average molecular weight is 275 g/mol. The van der Waals surface area contributed by atoms with Gasteiger partial charge in [0.05, 0.1) is 12.7 Å². The summed E-state index contributed by atoms with van der Waals surface area (Å²) in [7, 11) is 0. The van der Waals surface area contributed by atoms with Gasteiger partial charge in [0.1, 0.15) is 11.6 Å². The minimum Gasteiger partial charge on any atom is -0.550 e. The summed E-state index contributed by atoms with van der Waals surface area (Å²) in [5.41, 5.74) is -0.365.